The molecular weight excluding hydrogens is 386 g/mol. The van der Waals surface area contributed by atoms with Gasteiger partial charge in [0.2, 0.25) is 5.78 Å². The Hall–Kier alpha value is -3.43. The summed E-state index contributed by atoms with van der Waals surface area (Å²) in [5.74, 6) is -0.695. The Bertz CT molecular complexity index is 1050. The smallest absolute Gasteiger partial charge is 0.387 e. The molecule has 0 saturated heterocycles. The average Bonchev–Trinajstić information content (AvgIpc) is 3.13. The molecule has 0 saturated carbocycles. The van der Waals surface area contributed by atoms with Crippen LogP contribution in [0.25, 0.3) is 5.78 Å². The number of benzene rings is 1. The zero-order chi connectivity index (χ0) is 21.1. The normalized spacial score (nSPS) is 12.2. The van der Waals surface area contributed by atoms with Gasteiger partial charge in [0.15, 0.2) is 6.10 Å². The van der Waals surface area contributed by atoms with Crippen molar-refractivity contribution in [1.29, 1.82) is 0 Å². The summed E-state index contributed by atoms with van der Waals surface area (Å²) in [5, 5.41) is 4.06. The number of halogens is 2. The van der Waals surface area contributed by atoms with Gasteiger partial charge in [-0.2, -0.15) is 18.9 Å². The molecule has 0 unspecified atom stereocenters. The van der Waals surface area contributed by atoms with Crippen LogP contribution in [0, 0.1) is 13.8 Å². The molecule has 29 heavy (non-hydrogen) atoms. The number of nitrogens with zero attached hydrogens (tertiary/aromatic N) is 4. The lowest BCUT2D eigenvalue weighted by Crippen LogP contribution is -2.26. The lowest BCUT2D eigenvalue weighted by Gasteiger charge is -2.14. The number of fused-ring (bicyclic) bond motifs is 1. The van der Waals surface area contributed by atoms with E-state index in [1.54, 1.807) is 13.8 Å². The topological polar surface area (TPSA) is 95.7 Å². The summed E-state index contributed by atoms with van der Waals surface area (Å²) >= 11 is 0. The zero-order valence-electron chi connectivity index (χ0n) is 15.9. The van der Waals surface area contributed by atoms with Crippen molar-refractivity contribution in [2.45, 2.75) is 39.9 Å². The molecule has 10 heteroatoms. The summed E-state index contributed by atoms with van der Waals surface area (Å²) < 4.78 is 35.4. The Morgan fingerprint density at radius 2 is 1.86 bits per heavy atom. The second-order valence-electron chi connectivity index (χ2n) is 6.31. The molecule has 1 atom stereocenters. The van der Waals surface area contributed by atoms with Crippen molar-refractivity contribution in [2.75, 3.05) is 0 Å². The van der Waals surface area contributed by atoms with Gasteiger partial charge in [-0.1, -0.05) is 0 Å². The first kappa shape index (κ1) is 20.3. The number of alkyl halides is 2. The number of ketones is 1. The van der Waals surface area contributed by atoms with Gasteiger partial charge in [-0.25, -0.2) is 9.50 Å². The molecule has 0 amide bonds. The van der Waals surface area contributed by atoms with Crippen LogP contribution < -0.4 is 4.74 Å². The lowest BCUT2D eigenvalue weighted by atomic mass is 10.1. The number of aryl methyl sites for hydroxylation is 2. The number of Topliss-reactive ketones (excluding diaryl/α,β-unsaturated/α-hetero) is 1. The maximum absolute atomic E-state index is 12.4. The molecule has 3 aromatic rings. The fourth-order valence-electron chi connectivity index (χ4n) is 2.88. The molecule has 2 aromatic heterocycles. The maximum atomic E-state index is 12.4. The first-order valence-corrected chi connectivity index (χ1v) is 8.70. The first-order chi connectivity index (χ1) is 13.8. The van der Waals surface area contributed by atoms with Crippen LogP contribution in [0.1, 0.15) is 34.2 Å². The molecule has 0 bridgehead atoms. The van der Waals surface area contributed by atoms with Gasteiger partial charge in [-0.05, 0) is 45.0 Å². The quantitative estimate of drug-likeness (QED) is 0.441. The number of rotatable bonds is 7. The first-order valence-electron chi connectivity index (χ1n) is 8.70. The van der Waals surface area contributed by atoms with E-state index in [4.69, 9.17) is 4.74 Å². The van der Waals surface area contributed by atoms with E-state index in [0.717, 1.165) is 0 Å². The van der Waals surface area contributed by atoms with E-state index >= 15 is 0 Å². The highest BCUT2D eigenvalue weighted by atomic mass is 19.3. The van der Waals surface area contributed by atoms with Crippen molar-refractivity contribution in [1.82, 2.24) is 19.6 Å². The Labute approximate surface area is 164 Å². The van der Waals surface area contributed by atoms with Crippen LogP contribution in [0.2, 0.25) is 0 Å². The van der Waals surface area contributed by atoms with Crippen LogP contribution in [-0.4, -0.2) is 44.1 Å². The molecule has 3 rings (SSSR count). The van der Waals surface area contributed by atoms with Gasteiger partial charge in [-0.15, -0.1) is 0 Å². The highest BCUT2D eigenvalue weighted by molar-refractivity contribution is 6.00. The van der Waals surface area contributed by atoms with Gasteiger partial charge in [0, 0.05) is 22.5 Å². The molecule has 0 aliphatic carbocycles. The van der Waals surface area contributed by atoms with Crippen LogP contribution in [0.3, 0.4) is 0 Å². The molecule has 0 radical (unpaired) electrons. The molecule has 1 aromatic carbocycles. The number of carbonyl (C=O) groups is 2. The van der Waals surface area contributed by atoms with Crippen molar-refractivity contribution in [3.63, 3.8) is 0 Å². The fraction of sp³-hybridized carbons (Fsp3) is 0.316. The van der Waals surface area contributed by atoms with E-state index in [9.17, 15) is 18.4 Å². The number of hydrogen-bond donors (Lipinski definition) is 0. The minimum atomic E-state index is -2.95. The zero-order valence-corrected chi connectivity index (χ0v) is 15.9. The van der Waals surface area contributed by atoms with Crippen LogP contribution in [0.5, 0.6) is 5.75 Å². The highest BCUT2D eigenvalue weighted by Crippen LogP contribution is 2.18. The third-order valence-corrected chi connectivity index (χ3v) is 4.35. The highest BCUT2D eigenvalue weighted by Gasteiger charge is 2.22. The number of esters is 1. The number of carbonyl (C=O) groups excluding carboxylic acids is 2. The molecule has 0 aliphatic rings. The summed E-state index contributed by atoms with van der Waals surface area (Å²) in [7, 11) is 0. The van der Waals surface area contributed by atoms with Gasteiger partial charge in [0.1, 0.15) is 12.1 Å². The minimum Gasteiger partial charge on any atom is -0.454 e. The second-order valence-corrected chi connectivity index (χ2v) is 6.31. The predicted molar refractivity (Wildman–Crippen MR) is 96.9 cm³/mol. The van der Waals surface area contributed by atoms with Gasteiger partial charge in [0.05, 0.1) is 6.42 Å². The maximum Gasteiger partial charge on any atom is 0.387 e. The standard InChI is InChI=1S/C19H18F2N4O4/c1-10-15(11(2)25-19(24-10)22-9-23-25)8-16(26)28-12(3)17(27)13-4-6-14(7-5-13)29-18(20)21/h4-7,9,12,18H,8H2,1-3H3/t12-/m1/s1. The SMILES string of the molecule is Cc1nc2ncnn2c(C)c1CC(=O)O[C@H](C)C(=O)c1ccc(OC(F)F)cc1. The summed E-state index contributed by atoms with van der Waals surface area (Å²) in [6, 6.07) is 5.17. The summed E-state index contributed by atoms with van der Waals surface area (Å²) in [6.45, 7) is 2.04. The summed E-state index contributed by atoms with van der Waals surface area (Å²) in [4.78, 5) is 33.1. The van der Waals surface area contributed by atoms with E-state index in [-0.39, 0.29) is 17.7 Å². The number of ether oxygens (including phenoxy) is 2. The minimum absolute atomic E-state index is 0.0665. The average molecular weight is 404 g/mol. The van der Waals surface area contributed by atoms with Crippen LogP contribution in [0.4, 0.5) is 8.78 Å². The van der Waals surface area contributed by atoms with Crippen molar-refractivity contribution < 1.29 is 27.8 Å². The van der Waals surface area contributed by atoms with Crippen molar-refractivity contribution in [2.24, 2.45) is 0 Å². The van der Waals surface area contributed by atoms with Gasteiger partial charge in [0.25, 0.3) is 5.78 Å². The third kappa shape index (κ3) is 4.53. The molecule has 0 spiro atoms. The molecule has 8 nitrogen and oxygen atoms in total. The Balaban J connectivity index is 1.66. The van der Waals surface area contributed by atoms with Crippen LogP contribution in [-0.2, 0) is 16.0 Å². The molecule has 0 N–H and O–H groups in total. The van der Waals surface area contributed by atoms with E-state index in [1.807, 2.05) is 0 Å². The Morgan fingerprint density at radius 3 is 2.52 bits per heavy atom. The van der Waals surface area contributed by atoms with Gasteiger partial charge in [-0.3, -0.25) is 9.59 Å². The van der Waals surface area contributed by atoms with Gasteiger partial charge >= 0.3 is 12.6 Å². The van der Waals surface area contributed by atoms with E-state index in [0.29, 0.717) is 22.7 Å². The van der Waals surface area contributed by atoms with E-state index in [1.165, 1.54) is 42.0 Å². The molecule has 152 valence electrons. The summed E-state index contributed by atoms with van der Waals surface area (Å²) in [6.07, 6.45) is 0.238. The molecule has 2 heterocycles. The van der Waals surface area contributed by atoms with E-state index < -0.39 is 24.5 Å². The van der Waals surface area contributed by atoms with E-state index in [2.05, 4.69) is 19.8 Å². The molecular formula is C19H18F2N4O4. The lowest BCUT2D eigenvalue weighted by molar-refractivity contribution is -0.145. The summed E-state index contributed by atoms with van der Waals surface area (Å²) in [5.41, 5.74) is 2.18. The number of hydrogen-bond acceptors (Lipinski definition) is 7. The van der Waals surface area contributed by atoms with Crippen molar-refractivity contribution >= 4 is 17.5 Å². The largest absolute Gasteiger partial charge is 0.454 e. The molecule has 0 aliphatic heterocycles. The number of aromatic nitrogens is 4. The fourth-order valence-corrected chi connectivity index (χ4v) is 2.88. The van der Waals surface area contributed by atoms with Crippen molar-refractivity contribution in [3.8, 4) is 5.75 Å². The Kier molecular flexibility index (Phi) is 5.81. The van der Waals surface area contributed by atoms with Crippen LogP contribution >= 0.6 is 0 Å². The van der Waals surface area contributed by atoms with Crippen molar-refractivity contribution in [3.05, 3.63) is 53.1 Å². The third-order valence-electron chi connectivity index (χ3n) is 4.35. The Morgan fingerprint density at radius 1 is 1.17 bits per heavy atom. The predicted octanol–water partition coefficient (Wildman–Crippen LogP) is 2.70. The van der Waals surface area contributed by atoms with Gasteiger partial charge < -0.3 is 9.47 Å². The molecule has 0 fully saturated rings. The monoisotopic (exact) mass is 404 g/mol. The second kappa shape index (κ2) is 8.29. The van der Waals surface area contributed by atoms with Crippen LogP contribution in [0.15, 0.2) is 30.6 Å².